The third-order valence-corrected chi connectivity index (χ3v) is 4.67. The molecular weight excluding hydrogens is 407 g/mol. The second kappa shape index (κ2) is 8.39. The number of halogens is 3. The highest BCUT2D eigenvalue weighted by molar-refractivity contribution is 7.99. The maximum atomic E-state index is 12.7. The van der Waals surface area contributed by atoms with E-state index in [0.29, 0.717) is 16.9 Å². The van der Waals surface area contributed by atoms with E-state index in [9.17, 15) is 23.3 Å². The Morgan fingerprint density at radius 3 is 2.52 bits per heavy atom. The van der Waals surface area contributed by atoms with Gasteiger partial charge in [0.1, 0.15) is 11.4 Å². The van der Waals surface area contributed by atoms with Crippen molar-refractivity contribution >= 4 is 29.4 Å². The Kier molecular flexibility index (Phi) is 5.92. The van der Waals surface area contributed by atoms with Crippen molar-refractivity contribution in [3.63, 3.8) is 0 Å². The number of benzene rings is 2. The fourth-order valence-electron chi connectivity index (χ4n) is 2.30. The average Bonchev–Trinajstić information content (AvgIpc) is 3.10. The first-order valence-corrected chi connectivity index (χ1v) is 9.03. The third-order valence-electron chi connectivity index (χ3n) is 3.74. The van der Waals surface area contributed by atoms with Gasteiger partial charge in [0.2, 0.25) is 0 Å². The number of nitro groups is 1. The SMILES string of the molecule is Cc1ccc(Sc2ccc(/C=N\Nc3ccc(C(F)(F)F)cc3[N+](=O)[O-])o2)cc1. The van der Waals surface area contributed by atoms with Gasteiger partial charge in [0.25, 0.3) is 5.69 Å². The van der Waals surface area contributed by atoms with E-state index in [1.807, 2.05) is 31.2 Å². The zero-order valence-electron chi connectivity index (χ0n) is 14.9. The molecule has 150 valence electrons. The lowest BCUT2D eigenvalue weighted by Crippen LogP contribution is -2.06. The highest BCUT2D eigenvalue weighted by Crippen LogP contribution is 2.35. The van der Waals surface area contributed by atoms with Crippen LogP contribution in [0.2, 0.25) is 0 Å². The zero-order chi connectivity index (χ0) is 21.0. The van der Waals surface area contributed by atoms with Crippen LogP contribution in [0.5, 0.6) is 0 Å². The zero-order valence-corrected chi connectivity index (χ0v) is 15.8. The Morgan fingerprint density at radius 2 is 1.86 bits per heavy atom. The molecule has 0 bridgehead atoms. The Hall–Kier alpha value is -3.27. The Labute approximate surface area is 167 Å². The summed E-state index contributed by atoms with van der Waals surface area (Å²) in [6.45, 7) is 1.99. The minimum Gasteiger partial charge on any atom is -0.448 e. The number of furan rings is 1. The van der Waals surface area contributed by atoms with Crippen molar-refractivity contribution in [1.29, 1.82) is 0 Å². The largest absolute Gasteiger partial charge is 0.448 e. The molecule has 0 aliphatic heterocycles. The van der Waals surface area contributed by atoms with E-state index < -0.39 is 22.4 Å². The predicted octanol–water partition coefficient (Wildman–Crippen LogP) is 6.11. The van der Waals surface area contributed by atoms with Gasteiger partial charge in [-0.25, -0.2) is 0 Å². The molecule has 0 aliphatic rings. The molecule has 0 atom stereocenters. The van der Waals surface area contributed by atoms with Gasteiger partial charge in [-0.05, 0) is 43.3 Å². The fraction of sp³-hybridized carbons (Fsp3) is 0.105. The van der Waals surface area contributed by atoms with Crippen LogP contribution in [0.4, 0.5) is 24.5 Å². The normalized spacial score (nSPS) is 11.7. The van der Waals surface area contributed by atoms with E-state index in [0.717, 1.165) is 22.6 Å². The van der Waals surface area contributed by atoms with E-state index in [-0.39, 0.29) is 5.69 Å². The summed E-state index contributed by atoms with van der Waals surface area (Å²) >= 11 is 1.41. The topological polar surface area (TPSA) is 80.7 Å². The van der Waals surface area contributed by atoms with Crippen molar-refractivity contribution in [2.75, 3.05) is 5.43 Å². The average molecular weight is 421 g/mol. The number of alkyl halides is 3. The molecule has 10 heteroatoms. The highest BCUT2D eigenvalue weighted by atomic mass is 32.2. The van der Waals surface area contributed by atoms with Crippen LogP contribution in [-0.4, -0.2) is 11.1 Å². The molecule has 6 nitrogen and oxygen atoms in total. The predicted molar refractivity (Wildman–Crippen MR) is 103 cm³/mol. The van der Waals surface area contributed by atoms with Gasteiger partial charge in [-0.15, -0.1) is 0 Å². The van der Waals surface area contributed by atoms with Gasteiger partial charge in [-0.1, -0.05) is 29.5 Å². The molecule has 0 spiro atoms. The molecule has 0 saturated heterocycles. The van der Waals surface area contributed by atoms with Crippen molar-refractivity contribution in [3.8, 4) is 0 Å². The van der Waals surface area contributed by atoms with Crippen LogP contribution < -0.4 is 5.43 Å². The molecule has 29 heavy (non-hydrogen) atoms. The van der Waals surface area contributed by atoms with Gasteiger partial charge in [-0.3, -0.25) is 15.5 Å². The van der Waals surface area contributed by atoms with Crippen LogP contribution in [0.1, 0.15) is 16.9 Å². The molecule has 0 aliphatic carbocycles. The summed E-state index contributed by atoms with van der Waals surface area (Å²) in [6.07, 6.45) is -3.40. The number of aryl methyl sites for hydroxylation is 1. The summed E-state index contributed by atoms with van der Waals surface area (Å²) in [6, 6.07) is 13.4. The smallest absolute Gasteiger partial charge is 0.416 e. The molecule has 0 fully saturated rings. The van der Waals surface area contributed by atoms with Crippen molar-refractivity contribution in [3.05, 3.63) is 81.6 Å². The number of nitrogens with one attached hydrogen (secondary N) is 1. The van der Waals surface area contributed by atoms with Crippen molar-refractivity contribution in [2.24, 2.45) is 5.10 Å². The molecule has 2 aromatic carbocycles. The standard InChI is InChI=1S/C19H14F3N3O3S/c1-12-2-6-15(7-3-12)29-18-9-5-14(28-18)11-23-24-16-8-4-13(19(20,21)22)10-17(16)25(26)27/h2-11,24H,1H3/b23-11-. The number of nitrogens with zero attached hydrogens (tertiary/aromatic N) is 2. The Bertz CT molecular complexity index is 1050. The van der Waals surface area contributed by atoms with Crippen LogP contribution in [0.15, 0.2) is 74.1 Å². The first-order valence-electron chi connectivity index (χ1n) is 8.21. The first kappa shape index (κ1) is 20.5. The van der Waals surface area contributed by atoms with E-state index in [4.69, 9.17) is 4.42 Å². The van der Waals surface area contributed by atoms with E-state index in [1.165, 1.54) is 18.0 Å². The molecule has 0 unspecified atom stereocenters. The van der Waals surface area contributed by atoms with Gasteiger partial charge < -0.3 is 4.42 Å². The summed E-state index contributed by atoms with van der Waals surface area (Å²) in [7, 11) is 0. The minimum atomic E-state index is -4.67. The maximum Gasteiger partial charge on any atom is 0.416 e. The van der Waals surface area contributed by atoms with E-state index in [2.05, 4.69) is 10.5 Å². The quantitative estimate of drug-likeness (QED) is 0.295. The lowest BCUT2D eigenvalue weighted by Gasteiger charge is -2.08. The second-order valence-electron chi connectivity index (χ2n) is 5.93. The summed E-state index contributed by atoms with van der Waals surface area (Å²) in [5, 5.41) is 15.5. The van der Waals surface area contributed by atoms with Crippen molar-refractivity contribution in [2.45, 2.75) is 23.1 Å². The molecule has 0 amide bonds. The summed E-state index contributed by atoms with van der Waals surface area (Å²) in [5.74, 6) is 0.377. The van der Waals surface area contributed by atoms with Crippen LogP contribution >= 0.6 is 11.8 Å². The first-order chi connectivity index (χ1) is 13.7. The Morgan fingerprint density at radius 1 is 1.14 bits per heavy atom. The minimum absolute atomic E-state index is 0.167. The van der Waals surface area contributed by atoms with Crippen LogP contribution in [0, 0.1) is 17.0 Å². The van der Waals surface area contributed by atoms with Gasteiger partial charge >= 0.3 is 6.18 Å². The molecule has 3 rings (SSSR count). The lowest BCUT2D eigenvalue weighted by atomic mass is 10.1. The number of rotatable bonds is 6. The summed E-state index contributed by atoms with van der Waals surface area (Å²) in [4.78, 5) is 11.1. The van der Waals surface area contributed by atoms with Crippen molar-refractivity contribution in [1.82, 2.24) is 0 Å². The molecule has 1 aromatic heterocycles. The van der Waals surface area contributed by atoms with Crippen molar-refractivity contribution < 1.29 is 22.5 Å². The molecule has 3 aromatic rings. The molecule has 0 radical (unpaired) electrons. The van der Waals surface area contributed by atoms with E-state index >= 15 is 0 Å². The number of hydrazone groups is 1. The summed E-state index contributed by atoms with van der Waals surface area (Å²) < 4.78 is 43.8. The Balaban J connectivity index is 1.69. The van der Waals surface area contributed by atoms with Crippen LogP contribution in [-0.2, 0) is 6.18 Å². The van der Waals surface area contributed by atoms with E-state index in [1.54, 1.807) is 12.1 Å². The van der Waals surface area contributed by atoms with Gasteiger partial charge in [-0.2, -0.15) is 18.3 Å². The number of hydrogen-bond acceptors (Lipinski definition) is 6. The molecule has 1 N–H and O–H groups in total. The van der Waals surface area contributed by atoms with Gasteiger partial charge in [0.05, 0.1) is 16.7 Å². The maximum absolute atomic E-state index is 12.7. The van der Waals surface area contributed by atoms with Crippen LogP contribution in [0.3, 0.4) is 0 Å². The lowest BCUT2D eigenvalue weighted by molar-refractivity contribution is -0.384. The van der Waals surface area contributed by atoms with Crippen LogP contribution in [0.25, 0.3) is 0 Å². The fourth-order valence-corrected chi connectivity index (χ4v) is 3.08. The monoisotopic (exact) mass is 421 g/mol. The summed E-state index contributed by atoms with van der Waals surface area (Å²) in [5.41, 5.74) is 1.52. The molecular formula is C19H14F3N3O3S. The number of anilines is 1. The molecule has 0 saturated carbocycles. The molecule has 1 heterocycles. The number of nitro benzene ring substituents is 1. The number of hydrogen-bond donors (Lipinski definition) is 1. The van der Waals surface area contributed by atoms with Gasteiger partial charge in [0, 0.05) is 11.0 Å². The van der Waals surface area contributed by atoms with Gasteiger partial charge in [0.15, 0.2) is 5.09 Å². The second-order valence-corrected chi connectivity index (χ2v) is 7.01. The highest BCUT2D eigenvalue weighted by Gasteiger charge is 2.33. The third kappa shape index (κ3) is 5.38.